The zero-order chi connectivity index (χ0) is 25.9. The minimum atomic E-state index is -0.866. The molecule has 4 aliphatic rings. The number of pyridine rings is 1. The number of aromatic nitrogens is 3. The maximum Gasteiger partial charge on any atom is 0.319 e. The van der Waals surface area contributed by atoms with Crippen molar-refractivity contribution < 1.29 is 13.5 Å². The Bertz CT molecular complexity index is 1430. The molecule has 2 unspecified atom stereocenters. The van der Waals surface area contributed by atoms with Gasteiger partial charge < -0.3 is 15.0 Å². The lowest BCUT2D eigenvalue weighted by Gasteiger charge is -2.34. The van der Waals surface area contributed by atoms with Crippen molar-refractivity contribution in [2.45, 2.75) is 55.9 Å². The molecule has 8 nitrogen and oxygen atoms in total. The Hall–Kier alpha value is -3.42. The molecule has 0 spiro atoms. The first-order valence-electron chi connectivity index (χ1n) is 13.4. The molecular weight excluding hydrogens is 488 g/mol. The van der Waals surface area contributed by atoms with Gasteiger partial charge in [-0.2, -0.15) is 15.2 Å². The summed E-state index contributed by atoms with van der Waals surface area (Å²) in [6, 6.07) is 9.74. The van der Waals surface area contributed by atoms with Crippen molar-refractivity contribution in [1.29, 1.82) is 5.26 Å². The Morgan fingerprint density at radius 3 is 2.79 bits per heavy atom. The molecule has 10 heteroatoms. The second-order valence-corrected chi connectivity index (χ2v) is 11.1. The van der Waals surface area contributed by atoms with Crippen molar-refractivity contribution >= 4 is 16.7 Å². The van der Waals surface area contributed by atoms with Crippen LogP contribution in [0.2, 0.25) is 0 Å². The molecule has 196 valence electrons. The van der Waals surface area contributed by atoms with Gasteiger partial charge in [0.15, 0.2) is 5.82 Å². The molecule has 0 radical (unpaired) electrons. The smallest absolute Gasteiger partial charge is 0.319 e. The molecule has 0 saturated carbocycles. The number of hydrogen-bond acceptors (Lipinski definition) is 8. The lowest BCUT2D eigenvalue weighted by Crippen LogP contribution is -2.51. The monoisotopic (exact) mass is 517 g/mol. The summed E-state index contributed by atoms with van der Waals surface area (Å²) in [6.45, 7) is 3.06. The van der Waals surface area contributed by atoms with Crippen LogP contribution in [0.1, 0.15) is 37.7 Å². The molecular formula is C28H29F2N7O. The highest BCUT2D eigenvalue weighted by molar-refractivity contribution is 5.92. The number of ether oxygens (including phenoxy) is 1. The van der Waals surface area contributed by atoms with E-state index in [-0.39, 0.29) is 29.4 Å². The third kappa shape index (κ3) is 3.87. The van der Waals surface area contributed by atoms with Crippen LogP contribution in [0.4, 0.5) is 14.6 Å². The second-order valence-electron chi connectivity index (χ2n) is 11.1. The Labute approximate surface area is 219 Å². The van der Waals surface area contributed by atoms with E-state index in [2.05, 4.69) is 31.2 Å². The Morgan fingerprint density at radius 2 is 1.97 bits per heavy atom. The van der Waals surface area contributed by atoms with Crippen molar-refractivity contribution in [2.24, 2.45) is 0 Å². The molecule has 6 heterocycles. The van der Waals surface area contributed by atoms with Crippen molar-refractivity contribution in [2.75, 3.05) is 37.7 Å². The second kappa shape index (κ2) is 9.10. The number of benzene rings is 1. The summed E-state index contributed by atoms with van der Waals surface area (Å²) in [6.07, 6.45) is 5.23. The highest BCUT2D eigenvalue weighted by Crippen LogP contribution is 2.41. The molecule has 2 bridgehead atoms. The predicted octanol–water partition coefficient (Wildman–Crippen LogP) is 3.60. The number of anilines is 1. The number of nitrogens with one attached hydrogen (secondary N) is 1. The molecule has 4 fully saturated rings. The first kappa shape index (κ1) is 23.7. The fourth-order valence-corrected chi connectivity index (χ4v) is 6.92. The summed E-state index contributed by atoms with van der Waals surface area (Å²) in [5, 5.41) is 13.7. The average molecular weight is 518 g/mol. The molecule has 4 aliphatic heterocycles. The molecule has 0 amide bonds. The van der Waals surface area contributed by atoms with Gasteiger partial charge in [0.1, 0.15) is 29.8 Å². The lowest BCUT2D eigenvalue weighted by molar-refractivity contribution is 0.107. The zero-order valence-electron chi connectivity index (χ0n) is 21.0. The normalized spacial score (nSPS) is 28.6. The number of nitrogens with zero attached hydrogens (tertiary/aromatic N) is 6. The Balaban J connectivity index is 1.31. The van der Waals surface area contributed by atoms with Crippen molar-refractivity contribution in [3.8, 4) is 23.3 Å². The van der Waals surface area contributed by atoms with Gasteiger partial charge in [0.2, 0.25) is 0 Å². The molecule has 4 atom stereocenters. The summed E-state index contributed by atoms with van der Waals surface area (Å²) in [5.74, 6) is -0.00682. The topological polar surface area (TPSA) is 90.2 Å². The van der Waals surface area contributed by atoms with Gasteiger partial charge in [-0.25, -0.2) is 8.78 Å². The minimum absolute atomic E-state index is 0.0715. The van der Waals surface area contributed by atoms with E-state index in [4.69, 9.17) is 9.72 Å². The quantitative estimate of drug-likeness (QED) is 0.549. The van der Waals surface area contributed by atoms with Crippen LogP contribution in [-0.4, -0.2) is 76.4 Å². The van der Waals surface area contributed by atoms with Crippen LogP contribution in [-0.2, 0) is 0 Å². The maximum atomic E-state index is 16.2. The van der Waals surface area contributed by atoms with E-state index >= 15 is 4.39 Å². The first-order valence-corrected chi connectivity index (χ1v) is 13.4. The van der Waals surface area contributed by atoms with E-state index in [1.54, 1.807) is 30.5 Å². The lowest BCUT2D eigenvalue weighted by atomic mass is 9.95. The van der Waals surface area contributed by atoms with Crippen LogP contribution in [0.25, 0.3) is 22.2 Å². The number of piperazine rings is 1. The van der Waals surface area contributed by atoms with Crippen LogP contribution in [0.5, 0.6) is 6.01 Å². The van der Waals surface area contributed by atoms with E-state index in [1.165, 1.54) is 0 Å². The largest absolute Gasteiger partial charge is 0.461 e. The number of halogens is 2. The zero-order valence-corrected chi connectivity index (χ0v) is 21.0. The summed E-state index contributed by atoms with van der Waals surface area (Å²) < 4.78 is 36.7. The van der Waals surface area contributed by atoms with Crippen LogP contribution in [0.15, 0.2) is 30.5 Å². The SMILES string of the molecule is N#Cc1ccccc1-c1ncc2c(N3CC4CCC(C3)N4)nc(OC[C@@]34CCCN3C[C@H](F)C4)nc2c1F. The number of hydrogen-bond donors (Lipinski definition) is 1. The van der Waals surface area contributed by atoms with Crippen LogP contribution in [0.3, 0.4) is 0 Å². The summed E-state index contributed by atoms with van der Waals surface area (Å²) in [7, 11) is 0. The first-order chi connectivity index (χ1) is 18.5. The van der Waals surface area contributed by atoms with E-state index in [9.17, 15) is 9.65 Å². The van der Waals surface area contributed by atoms with E-state index in [0.717, 1.165) is 45.3 Å². The number of fused-ring (bicyclic) bond motifs is 4. The fraction of sp³-hybridized carbons (Fsp3) is 0.500. The van der Waals surface area contributed by atoms with Crippen LogP contribution >= 0.6 is 0 Å². The molecule has 0 aliphatic carbocycles. The van der Waals surface area contributed by atoms with Crippen LogP contribution < -0.4 is 15.0 Å². The van der Waals surface area contributed by atoms with Gasteiger partial charge in [-0.05, 0) is 38.3 Å². The average Bonchev–Trinajstić information content (AvgIpc) is 3.58. The van der Waals surface area contributed by atoms with Gasteiger partial charge >= 0.3 is 6.01 Å². The van der Waals surface area contributed by atoms with Gasteiger partial charge in [0.05, 0.1) is 22.6 Å². The molecule has 38 heavy (non-hydrogen) atoms. The minimum Gasteiger partial charge on any atom is -0.461 e. The highest BCUT2D eigenvalue weighted by atomic mass is 19.1. The van der Waals surface area contributed by atoms with E-state index < -0.39 is 12.0 Å². The van der Waals surface area contributed by atoms with E-state index in [0.29, 0.717) is 47.4 Å². The fourth-order valence-electron chi connectivity index (χ4n) is 6.92. The highest BCUT2D eigenvalue weighted by Gasteiger charge is 2.49. The molecule has 3 aromatic rings. The maximum absolute atomic E-state index is 16.2. The van der Waals surface area contributed by atoms with Crippen LogP contribution in [0, 0.1) is 17.1 Å². The number of nitriles is 1. The van der Waals surface area contributed by atoms with Crippen molar-refractivity contribution in [3.63, 3.8) is 0 Å². The standard InChI is InChI=1S/C28H29F2N7O/c29-18-10-28(8-3-9-37(28)13-18)16-38-27-34-25-22(26(35-27)36-14-19-6-7-20(15-36)33-19)12-32-24(23(25)30)21-5-2-1-4-17(21)11-31/h1-2,4-5,12,18-20,33H,3,6-10,13-16H2/t18-,19?,20?,28+/m1/s1. The molecule has 2 aromatic heterocycles. The van der Waals surface area contributed by atoms with Gasteiger partial charge in [-0.3, -0.25) is 9.88 Å². The van der Waals surface area contributed by atoms with E-state index in [1.807, 2.05) is 0 Å². The molecule has 1 aromatic carbocycles. The number of alkyl halides is 1. The summed E-state index contributed by atoms with van der Waals surface area (Å²) in [4.78, 5) is 18.1. The van der Waals surface area contributed by atoms with Crippen molar-refractivity contribution in [3.05, 3.63) is 41.8 Å². The summed E-state index contributed by atoms with van der Waals surface area (Å²) >= 11 is 0. The predicted molar refractivity (Wildman–Crippen MR) is 138 cm³/mol. The molecule has 7 rings (SSSR count). The Morgan fingerprint density at radius 1 is 1.16 bits per heavy atom. The third-order valence-corrected chi connectivity index (χ3v) is 8.69. The summed E-state index contributed by atoms with van der Waals surface area (Å²) in [5.41, 5.74) is 0.578. The van der Waals surface area contributed by atoms with Gasteiger partial charge in [-0.15, -0.1) is 0 Å². The van der Waals surface area contributed by atoms with Crippen molar-refractivity contribution in [1.82, 2.24) is 25.2 Å². The van der Waals surface area contributed by atoms with Gasteiger partial charge in [0.25, 0.3) is 0 Å². The Kier molecular flexibility index (Phi) is 5.67. The molecule has 1 N–H and O–H groups in total. The molecule has 4 saturated heterocycles. The third-order valence-electron chi connectivity index (χ3n) is 8.69. The van der Waals surface area contributed by atoms with Gasteiger partial charge in [-0.1, -0.05) is 18.2 Å². The van der Waals surface area contributed by atoms with Gasteiger partial charge in [0, 0.05) is 49.9 Å². The number of rotatable bonds is 5.